The highest BCUT2D eigenvalue weighted by Crippen LogP contribution is 2.08. The van der Waals surface area contributed by atoms with Crippen LogP contribution in [0.2, 0.25) is 0 Å². The minimum Gasteiger partial charge on any atom is -0.284 e. The summed E-state index contributed by atoms with van der Waals surface area (Å²) in [6.45, 7) is 1.99. The Morgan fingerprint density at radius 3 is 1.69 bits per heavy atom. The van der Waals surface area contributed by atoms with Crippen LogP contribution in [0.25, 0.3) is 0 Å². The Labute approximate surface area is 83.8 Å². The van der Waals surface area contributed by atoms with E-state index in [0.29, 0.717) is 6.04 Å². The highest BCUT2D eigenvalue weighted by Gasteiger charge is 1.99. The van der Waals surface area contributed by atoms with Crippen molar-refractivity contribution in [2.75, 3.05) is 0 Å². The fourth-order valence-corrected chi connectivity index (χ4v) is 1.13. The Hall–Kier alpha value is -1.08. The highest BCUT2D eigenvalue weighted by atomic mass is 35.5. The van der Waals surface area contributed by atoms with Crippen molar-refractivity contribution in [3.8, 4) is 0 Å². The molecule has 2 heteroatoms. The first kappa shape index (κ1) is 10.0. The zero-order chi connectivity index (χ0) is 9.52. The summed E-state index contributed by atoms with van der Waals surface area (Å²) in [6.07, 6.45) is 3.58. The Morgan fingerprint density at radius 2 is 1.54 bits per heavy atom. The SMILES string of the molecule is CC1C=C(Cl)C=N1.c1ccccc1. The van der Waals surface area contributed by atoms with Gasteiger partial charge in [-0.15, -0.1) is 0 Å². The second-order valence-electron chi connectivity index (χ2n) is 2.73. The molecule has 0 aliphatic carbocycles. The van der Waals surface area contributed by atoms with Crippen molar-refractivity contribution >= 4 is 17.8 Å². The fraction of sp³-hybridized carbons (Fsp3) is 0.182. The molecule has 0 saturated heterocycles. The molecule has 1 nitrogen and oxygen atoms in total. The van der Waals surface area contributed by atoms with Gasteiger partial charge in [0.2, 0.25) is 0 Å². The molecule has 68 valence electrons. The molecule has 1 aliphatic heterocycles. The van der Waals surface area contributed by atoms with Crippen molar-refractivity contribution in [2.24, 2.45) is 4.99 Å². The van der Waals surface area contributed by atoms with Gasteiger partial charge in [-0.25, -0.2) is 0 Å². The quantitative estimate of drug-likeness (QED) is 0.600. The lowest BCUT2D eigenvalue weighted by Gasteiger charge is -1.84. The molecule has 1 aromatic carbocycles. The third-order valence-corrected chi connectivity index (χ3v) is 1.72. The Morgan fingerprint density at radius 1 is 1.08 bits per heavy atom. The van der Waals surface area contributed by atoms with E-state index in [1.807, 2.05) is 49.4 Å². The second kappa shape index (κ2) is 5.55. The molecule has 13 heavy (non-hydrogen) atoms. The molecule has 1 aromatic rings. The van der Waals surface area contributed by atoms with E-state index in [-0.39, 0.29) is 0 Å². The van der Waals surface area contributed by atoms with Crippen molar-refractivity contribution in [3.05, 3.63) is 47.5 Å². The number of halogens is 1. The van der Waals surface area contributed by atoms with E-state index < -0.39 is 0 Å². The maximum absolute atomic E-state index is 5.52. The summed E-state index contributed by atoms with van der Waals surface area (Å²) >= 11 is 5.52. The molecule has 0 fully saturated rings. The van der Waals surface area contributed by atoms with Gasteiger partial charge in [-0.05, 0) is 13.0 Å². The lowest BCUT2D eigenvalue weighted by atomic mass is 10.4. The van der Waals surface area contributed by atoms with Crippen LogP contribution < -0.4 is 0 Å². The average Bonchev–Trinajstić information content (AvgIpc) is 2.54. The molecule has 0 bridgehead atoms. The first-order chi connectivity index (χ1) is 6.29. The monoisotopic (exact) mass is 193 g/mol. The van der Waals surface area contributed by atoms with Crippen LogP contribution in [0, 0.1) is 0 Å². The van der Waals surface area contributed by atoms with E-state index in [2.05, 4.69) is 4.99 Å². The molecule has 0 radical (unpaired) electrons. The Kier molecular flexibility index (Phi) is 4.27. The molecular formula is C11H12ClN. The fourth-order valence-electron chi connectivity index (χ4n) is 0.890. The van der Waals surface area contributed by atoms with E-state index >= 15 is 0 Å². The third kappa shape index (κ3) is 4.48. The molecule has 0 N–H and O–H groups in total. The van der Waals surface area contributed by atoms with Gasteiger partial charge in [-0.1, -0.05) is 48.0 Å². The van der Waals surface area contributed by atoms with Crippen LogP contribution in [0.1, 0.15) is 6.92 Å². The van der Waals surface area contributed by atoms with E-state index in [9.17, 15) is 0 Å². The van der Waals surface area contributed by atoms with Crippen molar-refractivity contribution in [1.82, 2.24) is 0 Å². The van der Waals surface area contributed by atoms with Gasteiger partial charge in [-0.3, -0.25) is 4.99 Å². The maximum atomic E-state index is 5.52. The van der Waals surface area contributed by atoms with E-state index in [4.69, 9.17) is 11.6 Å². The largest absolute Gasteiger partial charge is 0.284 e. The van der Waals surface area contributed by atoms with Crippen LogP contribution in [-0.2, 0) is 0 Å². The second-order valence-corrected chi connectivity index (χ2v) is 3.16. The normalized spacial score (nSPS) is 18.9. The first-order valence-corrected chi connectivity index (χ1v) is 4.57. The zero-order valence-electron chi connectivity index (χ0n) is 7.52. The van der Waals surface area contributed by atoms with E-state index in [0.717, 1.165) is 5.03 Å². The van der Waals surface area contributed by atoms with Gasteiger partial charge < -0.3 is 0 Å². The minimum absolute atomic E-state index is 0.299. The summed E-state index contributed by atoms with van der Waals surface area (Å²) in [5.41, 5.74) is 0. The molecule has 1 aliphatic rings. The van der Waals surface area contributed by atoms with Gasteiger partial charge in [-0.2, -0.15) is 0 Å². The molecule has 2 rings (SSSR count). The van der Waals surface area contributed by atoms with Crippen LogP contribution >= 0.6 is 11.6 Å². The van der Waals surface area contributed by atoms with Gasteiger partial charge >= 0.3 is 0 Å². The molecule has 0 aromatic heterocycles. The third-order valence-electron chi connectivity index (χ3n) is 1.50. The number of aliphatic imine (C=N–C) groups is 1. The summed E-state index contributed by atoms with van der Waals surface area (Å²) in [6, 6.07) is 12.3. The first-order valence-electron chi connectivity index (χ1n) is 4.19. The average molecular weight is 194 g/mol. The number of benzene rings is 1. The van der Waals surface area contributed by atoms with Crippen LogP contribution in [0.15, 0.2) is 52.5 Å². The van der Waals surface area contributed by atoms with E-state index in [1.165, 1.54) is 0 Å². The highest BCUT2D eigenvalue weighted by molar-refractivity contribution is 6.39. The Bertz CT molecular complexity index is 264. The van der Waals surface area contributed by atoms with Crippen molar-refractivity contribution in [3.63, 3.8) is 0 Å². The summed E-state index contributed by atoms with van der Waals surface area (Å²) < 4.78 is 0. The predicted octanol–water partition coefficient (Wildman–Crippen LogP) is 3.27. The van der Waals surface area contributed by atoms with Gasteiger partial charge in [0.1, 0.15) is 0 Å². The molecule has 1 heterocycles. The summed E-state index contributed by atoms with van der Waals surface area (Å²) in [5, 5.41) is 0.757. The smallest absolute Gasteiger partial charge is 0.0670 e. The topological polar surface area (TPSA) is 12.4 Å². The number of hydrogen-bond donors (Lipinski definition) is 0. The molecule has 0 spiro atoms. The summed E-state index contributed by atoms with van der Waals surface area (Å²) in [7, 11) is 0. The van der Waals surface area contributed by atoms with Crippen LogP contribution in [0.3, 0.4) is 0 Å². The van der Waals surface area contributed by atoms with Gasteiger partial charge in [0, 0.05) is 6.21 Å². The molecule has 0 saturated carbocycles. The van der Waals surface area contributed by atoms with Crippen molar-refractivity contribution in [2.45, 2.75) is 13.0 Å². The van der Waals surface area contributed by atoms with Crippen LogP contribution in [0.5, 0.6) is 0 Å². The summed E-state index contributed by atoms with van der Waals surface area (Å²) in [4.78, 5) is 3.97. The van der Waals surface area contributed by atoms with Gasteiger partial charge in [0.15, 0.2) is 0 Å². The van der Waals surface area contributed by atoms with Gasteiger partial charge in [0.25, 0.3) is 0 Å². The number of hydrogen-bond acceptors (Lipinski definition) is 1. The number of allylic oxidation sites excluding steroid dienone is 1. The molecular weight excluding hydrogens is 182 g/mol. The van der Waals surface area contributed by atoms with Crippen LogP contribution in [0.4, 0.5) is 0 Å². The van der Waals surface area contributed by atoms with Crippen molar-refractivity contribution < 1.29 is 0 Å². The number of nitrogens with zero attached hydrogens (tertiary/aromatic N) is 1. The minimum atomic E-state index is 0.299. The number of rotatable bonds is 0. The van der Waals surface area contributed by atoms with Gasteiger partial charge in [0.05, 0.1) is 11.1 Å². The predicted molar refractivity (Wildman–Crippen MR) is 58.3 cm³/mol. The molecule has 1 atom stereocenters. The van der Waals surface area contributed by atoms with Crippen molar-refractivity contribution in [1.29, 1.82) is 0 Å². The molecule has 1 unspecified atom stereocenters. The summed E-state index contributed by atoms with van der Waals surface area (Å²) in [5.74, 6) is 0. The lowest BCUT2D eigenvalue weighted by molar-refractivity contribution is 0.950. The zero-order valence-corrected chi connectivity index (χ0v) is 8.28. The maximum Gasteiger partial charge on any atom is 0.0670 e. The lowest BCUT2D eigenvalue weighted by Crippen LogP contribution is -1.82. The van der Waals surface area contributed by atoms with E-state index in [1.54, 1.807) is 6.21 Å². The standard InChI is InChI=1S/C6H6.C5H6ClN/c1-2-4-6-5-3-1;1-4-2-5(6)3-7-4/h1-6H;2-4H,1H3. The Balaban J connectivity index is 0.000000132. The van der Waals surface area contributed by atoms with Crippen LogP contribution in [-0.4, -0.2) is 12.3 Å². The molecule has 0 amide bonds.